The Balaban J connectivity index is 1.63. The van der Waals surface area contributed by atoms with Crippen molar-refractivity contribution in [3.8, 4) is 5.75 Å². The lowest BCUT2D eigenvalue weighted by molar-refractivity contribution is -0.137. The molecule has 0 spiro atoms. The summed E-state index contributed by atoms with van der Waals surface area (Å²) >= 11 is 0. The molecule has 1 amide bonds. The first-order chi connectivity index (χ1) is 12.7. The molecule has 1 aromatic rings. The number of hydrogen-bond acceptors (Lipinski definition) is 4. The number of amides is 1. The van der Waals surface area contributed by atoms with Crippen LogP contribution >= 0.6 is 0 Å². The van der Waals surface area contributed by atoms with Crippen molar-refractivity contribution in [1.29, 1.82) is 0 Å². The molecule has 2 saturated heterocycles. The minimum atomic E-state index is -4.40. The van der Waals surface area contributed by atoms with Crippen LogP contribution in [-0.4, -0.2) is 60.1 Å². The summed E-state index contributed by atoms with van der Waals surface area (Å²) in [5.41, 5.74) is -0.748. The van der Waals surface area contributed by atoms with Gasteiger partial charge in [0.1, 0.15) is 11.9 Å². The Kier molecular flexibility index (Phi) is 5.81. The summed E-state index contributed by atoms with van der Waals surface area (Å²) in [6, 6.07) is 4.31. The number of halogens is 3. The summed E-state index contributed by atoms with van der Waals surface area (Å²) in [5.74, 6) is 0.294. The van der Waals surface area contributed by atoms with Gasteiger partial charge in [-0.05, 0) is 37.6 Å². The lowest BCUT2D eigenvalue weighted by Gasteiger charge is -2.33. The van der Waals surface area contributed by atoms with E-state index in [1.807, 2.05) is 6.92 Å². The van der Waals surface area contributed by atoms with Gasteiger partial charge in [-0.2, -0.15) is 13.2 Å². The smallest absolute Gasteiger partial charge is 0.416 e. The van der Waals surface area contributed by atoms with Gasteiger partial charge in [-0.15, -0.1) is 0 Å². The van der Waals surface area contributed by atoms with E-state index in [4.69, 9.17) is 9.47 Å². The Morgan fingerprint density at radius 3 is 2.67 bits per heavy atom. The number of alkyl halides is 3. The van der Waals surface area contributed by atoms with Gasteiger partial charge in [-0.25, -0.2) is 4.79 Å². The highest BCUT2D eigenvalue weighted by Crippen LogP contribution is 2.32. The van der Waals surface area contributed by atoms with Crippen LogP contribution in [0.25, 0.3) is 0 Å². The second-order valence-electron chi connectivity index (χ2n) is 6.97. The number of nitrogens with zero attached hydrogens (tertiary/aromatic N) is 1. The highest BCUT2D eigenvalue weighted by molar-refractivity contribution is 5.66. The molecule has 150 valence electrons. The predicted molar refractivity (Wildman–Crippen MR) is 90.8 cm³/mol. The molecule has 27 heavy (non-hydrogen) atoms. The van der Waals surface area contributed by atoms with Gasteiger partial charge in [0.25, 0.3) is 0 Å². The van der Waals surface area contributed by atoms with E-state index in [2.05, 4.69) is 5.32 Å². The van der Waals surface area contributed by atoms with Crippen LogP contribution in [0.5, 0.6) is 5.75 Å². The Hall–Kier alpha value is -2.00. The number of hydrogen-bond donors (Lipinski definition) is 2. The van der Waals surface area contributed by atoms with Gasteiger partial charge in [0.2, 0.25) is 0 Å². The van der Waals surface area contributed by atoms with E-state index in [-0.39, 0.29) is 24.7 Å². The summed E-state index contributed by atoms with van der Waals surface area (Å²) in [5, 5.41) is 12.8. The number of morpholine rings is 1. The van der Waals surface area contributed by atoms with Crippen LogP contribution in [-0.2, 0) is 10.9 Å². The fraction of sp³-hybridized carbons (Fsp3) is 0.611. The van der Waals surface area contributed by atoms with Crippen molar-refractivity contribution < 1.29 is 32.5 Å². The molecule has 1 aromatic carbocycles. The highest BCUT2D eigenvalue weighted by atomic mass is 19.4. The minimum absolute atomic E-state index is 0.0876. The van der Waals surface area contributed by atoms with E-state index in [9.17, 15) is 23.1 Å². The summed E-state index contributed by atoms with van der Waals surface area (Å²) in [7, 11) is 0. The Labute approximate surface area is 155 Å². The second-order valence-corrected chi connectivity index (χ2v) is 6.97. The topological polar surface area (TPSA) is 71.0 Å². The third kappa shape index (κ3) is 4.84. The first kappa shape index (κ1) is 19.8. The van der Waals surface area contributed by atoms with Crippen LogP contribution < -0.4 is 10.1 Å². The molecule has 0 bridgehead atoms. The largest absolute Gasteiger partial charge is 0.489 e. The molecule has 2 N–H and O–H groups in total. The van der Waals surface area contributed by atoms with Gasteiger partial charge in [0.15, 0.2) is 0 Å². The van der Waals surface area contributed by atoms with Gasteiger partial charge in [0, 0.05) is 25.0 Å². The molecule has 6 nitrogen and oxygen atoms in total. The fourth-order valence-electron chi connectivity index (χ4n) is 3.64. The number of benzene rings is 1. The van der Waals surface area contributed by atoms with Crippen molar-refractivity contribution in [3.05, 3.63) is 29.8 Å². The van der Waals surface area contributed by atoms with Crippen molar-refractivity contribution in [2.45, 2.75) is 50.2 Å². The van der Waals surface area contributed by atoms with Crippen molar-refractivity contribution in [3.63, 3.8) is 0 Å². The summed E-state index contributed by atoms with van der Waals surface area (Å²) in [6.07, 6.45) is -4.91. The number of ether oxygens (including phenoxy) is 2. The average Bonchev–Trinajstić information content (AvgIpc) is 2.99. The second kappa shape index (κ2) is 7.93. The van der Waals surface area contributed by atoms with E-state index >= 15 is 0 Å². The number of likely N-dealkylation sites (tertiary alicyclic amines) is 1. The van der Waals surface area contributed by atoms with Crippen molar-refractivity contribution in [2.75, 3.05) is 19.7 Å². The molecule has 2 aliphatic heterocycles. The zero-order valence-electron chi connectivity index (χ0n) is 14.9. The van der Waals surface area contributed by atoms with Crippen molar-refractivity contribution in [2.24, 2.45) is 0 Å². The molecule has 0 aliphatic carbocycles. The molecule has 2 unspecified atom stereocenters. The van der Waals surface area contributed by atoms with E-state index in [1.54, 1.807) is 0 Å². The third-order valence-corrected chi connectivity index (χ3v) is 5.07. The van der Waals surface area contributed by atoms with Crippen LogP contribution in [0.3, 0.4) is 0 Å². The van der Waals surface area contributed by atoms with Gasteiger partial charge in [-0.3, -0.25) is 0 Å². The minimum Gasteiger partial charge on any atom is -0.489 e. The van der Waals surface area contributed by atoms with E-state index in [0.29, 0.717) is 25.2 Å². The number of carbonyl (C=O) groups is 1. The lowest BCUT2D eigenvalue weighted by atomic mass is 10.0. The van der Waals surface area contributed by atoms with Crippen LogP contribution in [0.4, 0.5) is 18.0 Å². The maximum absolute atomic E-state index is 12.6. The Bertz CT molecular complexity index is 653. The van der Waals surface area contributed by atoms with Gasteiger partial charge in [-0.1, -0.05) is 0 Å². The average molecular weight is 388 g/mol. The maximum atomic E-state index is 12.6. The standard InChI is InChI=1S/C18H23F3N2O4/c1-11-16(26-7-6-22-11)9-13-8-15(10-23(13)17(24)25)27-14-4-2-12(3-5-14)18(19,20)21/h2-5,11,13,15-16,22H,6-10H2,1H3,(H,24,25)/t11?,13-,15+,16?/m0/s1. The maximum Gasteiger partial charge on any atom is 0.416 e. The van der Waals surface area contributed by atoms with Crippen LogP contribution in [0.2, 0.25) is 0 Å². The van der Waals surface area contributed by atoms with E-state index in [1.165, 1.54) is 17.0 Å². The molecular formula is C18H23F3N2O4. The summed E-state index contributed by atoms with van der Waals surface area (Å²) < 4.78 is 49.4. The Morgan fingerprint density at radius 1 is 1.37 bits per heavy atom. The van der Waals surface area contributed by atoms with E-state index in [0.717, 1.165) is 18.7 Å². The lowest BCUT2D eigenvalue weighted by Crippen LogP contribution is -2.49. The van der Waals surface area contributed by atoms with Gasteiger partial charge in [0.05, 0.1) is 24.8 Å². The van der Waals surface area contributed by atoms with Gasteiger partial charge < -0.3 is 24.8 Å². The molecule has 3 rings (SSSR count). The van der Waals surface area contributed by atoms with Gasteiger partial charge >= 0.3 is 12.3 Å². The zero-order chi connectivity index (χ0) is 19.6. The summed E-state index contributed by atoms with van der Waals surface area (Å²) in [6.45, 7) is 3.53. The first-order valence-corrected chi connectivity index (χ1v) is 8.92. The molecule has 2 fully saturated rings. The first-order valence-electron chi connectivity index (χ1n) is 8.92. The highest BCUT2D eigenvalue weighted by Gasteiger charge is 2.39. The van der Waals surface area contributed by atoms with Crippen molar-refractivity contribution in [1.82, 2.24) is 10.2 Å². The quantitative estimate of drug-likeness (QED) is 0.830. The normalized spacial score (nSPS) is 29.0. The van der Waals surface area contributed by atoms with Crippen molar-refractivity contribution >= 4 is 6.09 Å². The monoisotopic (exact) mass is 388 g/mol. The fourth-order valence-corrected chi connectivity index (χ4v) is 3.64. The molecule has 4 atom stereocenters. The number of rotatable bonds is 4. The Morgan fingerprint density at radius 2 is 2.07 bits per heavy atom. The molecular weight excluding hydrogens is 365 g/mol. The van der Waals surface area contributed by atoms with Crippen LogP contribution in [0, 0.1) is 0 Å². The third-order valence-electron chi connectivity index (χ3n) is 5.07. The predicted octanol–water partition coefficient (Wildman–Crippen LogP) is 2.97. The molecule has 0 radical (unpaired) electrons. The molecule has 0 aromatic heterocycles. The number of nitrogens with one attached hydrogen (secondary N) is 1. The van der Waals surface area contributed by atoms with E-state index < -0.39 is 23.9 Å². The molecule has 9 heteroatoms. The summed E-state index contributed by atoms with van der Waals surface area (Å²) in [4.78, 5) is 12.9. The number of carboxylic acid groups (broad SMARTS) is 1. The molecule has 0 saturated carbocycles. The van der Waals surface area contributed by atoms with Crippen LogP contribution in [0.15, 0.2) is 24.3 Å². The zero-order valence-corrected chi connectivity index (χ0v) is 14.9. The molecule has 2 aliphatic rings. The van der Waals surface area contributed by atoms with Crippen LogP contribution in [0.1, 0.15) is 25.3 Å². The SMILES string of the molecule is CC1NCCOC1C[C@@H]1C[C@@H](Oc2ccc(C(F)(F)F)cc2)CN1C(=O)O. The molecule has 2 heterocycles.